The Morgan fingerprint density at radius 2 is 2.03 bits per heavy atom. The lowest BCUT2D eigenvalue weighted by molar-refractivity contribution is -0.137. The standard InChI is InChI=1S/C21H19F3N6O2/c1-10(4-17(31)19-13(8-25)20(26)28-9-27-19)18-7-16(30-32-18)15-6-11-5-12(21(22,23)24)2-3-14(11)29-15/h2-3,5,7,9-10H,4,6,8,25H2,1H3,(H2,26,27,28)/t10-/m0/s1. The molecule has 32 heavy (non-hydrogen) atoms. The van der Waals surface area contributed by atoms with Gasteiger partial charge >= 0.3 is 6.18 Å². The van der Waals surface area contributed by atoms with E-state index in [-0.39, 0.29) is 42.6 Å². The first-order valence-corrected chi connectivity index (χ1v) is 9.74. The van der Waals surface area contributed by atoms with Crippen LogP contribution in [0.3, 0.4) is 0 Å². The van der Waals surface area contributed by atoms with Crippen LogP contribution in [0.1, 0.15) is 57.9 Å². The first-order chi connectivity index (χ1) is 15.2. The molecular formula is C21H19F3N6O2. The van der Waals surface area contributed by atoms with Crippen LogP contribution in [0.15, 0.2) is 40.1 Å². The van der Waals surface area contributed by atoms with Crippen LogP contribution in [0.2, 0.25) is 0 Å². The van der Waals surface area contributed by atoms with E-state index in [0.29, 0.717) is 34.0 Å². The molecule has 4 N–H and O–H groups in total. The van der Waals surface area contributed by atoms with E-state index in [1.165, 1.54) is 12.4 Å². The average Bonchev–Trinajstić information content (AvgIpc) is 3.39. The first kappa shape index (κ1) is 21.6. The van der Waals surface area contributed by atoms with Crippen molar-refractivity contribution in [1.82, 2.24) is 15.1 Å². The third-order valence-electron chi connectivity index (χ3n) is 5.27. The summed E-state index contributed by atoms with van der Waals surface area (Å²) >= 11 is 0. The fourth-order valence-corrected chi connectivity index (χ4v) is 3.53. The molecule has 1 aromatic carbocycles. The Balaban J connectivity index is 1.48. The Kier molecular flexibility index (Phi) is 5.51. The maximum Gasteiger partial charge on any atom is 0.416 e. The van der Waals surface area contributed by atoms with Gasteiger partial charge in [-0.3, -0.25) is 9.79 Å². The molecule has 0 spiro atoms. The number of fused-ring (bicyclic) bond motifs is 1. The van der Waals surface area contributed by atoms with E-state index >= 15 is 0 Å². The zero-order valence-electron chi connectivity index (χ0n) is 17.0. The number of halogens is 3. The topological polar surface area (TPSA) is 133 Å². The highest BCUT2D eigenvalue weighted by atomic mass is 19.4. The number of aliphatic imine (C=N–C) groups is 1. The Morgan fingerprint density at radius 3 is 2.75 bits per heavy atom. The number of hydrogen-bond acceptors (Lipinski definition) is 8. The summed E-state index contributed by atoms with van der Waals surface area (Å²) in [6.07, 6.45) is -2.93. The van der Waals surface area contributed by atoms with E-state index in [1.807, 2.05) is 0 Å². The van der Waals surface area contributed by atoms with Gasteiger partial charge in [-0.15, -0.1) is 0 Å². The first-order valence-electron chi connectivity index (χ1n) is 9.74. The van der Waals surface area contributed by atoms with Gasteiger partial charge in [0.1, 0.15) is 29.3 Å². The summed E-state index contributed by atoms with van der Waals surface area (Å²) < 4.78 is 44.2. The predicted octanol–water partition coefficient (Wildman–Crippen LogP) is 3.58. The van der Waals surface area contributed by atoms with Crippen molar-refractivity contribution < 1.29 is 22.5 Å². The summed E-state index contributed by atoms with van der Waals surface area (Å²) in [4.78, 5) is 24.9. The highest BCUT2D eigenvalue weighted by Gasteiger charge is 2.32. The molecule has 0 bridgehead atoms. The van der Waals surface area contributed by atoms with Crippen molar-refractivity contribution in [2.24, 2.45) is 10.7 Å². The summed E-state index contributed by atoms with van der Waals surface area (Å²) in [5, 5.41) is 4.00. The molecule has 0 fully saturated rings. The lowest BCUT2D eigenvalue weighted by Gasteiger charge is -2.10. The van der Waals surface area contributed by atoms with Crippen LogP contribution in [0.5, 0.6) is 0 Å². The molecule has 2 aromatic heterocycles. The number of nitrogens with zero attached hydrogens (tertiary/aromatic N) is 4. The average molecular weight is 444 g/mol. The molecule has 166 valence electrons. The van der Waals surface area contributed by atoms with Crippen LogP contribution in [0, 0.1) is 0 Å². The van der Waals surface area contributed by atoms with Crippen LogP contribution in [-0.4, -0.2) is 26.6 Å². The summed E-state index contributed by atoms with van der Waals surface area (Å²) in [7, 11) is 0. The number of ketones is 1. The number of aromatic nitrogens is 3. The van der Waals surface area contributed by atoms with E-state index in [9.17, 15) is 18.0 Å². The number of Topliss-reactive ketones (excluding diaryl/α,β-unsaturated/α-hetero) is 1. The lowest BCUT2D eigenvalue weighted by atomic mass is 9.97. The molecule has 3 heterocycles. The second-order valence-electron chi connectivity index (χ2n) is 7.51. The van der Waals surface area contributed by atoms with E-state index in [1.54, 1.807) is 13.0 Å². The fourth-order valence-electron chi connectivity index (χ4n) is 3.53. The molecular weight excluding hydrogens is 425 g/mol. The van der Waals surface area contributed by atoms with Crippen molar-refractivity contribution in [2.45, 2.75) is 38.4 Å². The zero-order valence-corrected chi connectivity index (χ0v) is 17.0. The number of nitrogen functional groups attached to an aromatic ring is 1. The monoisotopic (exact) mass is 444 g/mol. The van der Waals surface area contributed by atoms with Gasteiger partial charge in [-0.25, -0.2) is 9.97 Å². The lowest BCUT2D eigenvalue weighted by Crippen LogP contribution is -2.15. The van der Waals surface area contributed by atoms with Gasteiger partial charge in [-0.1, -0.05) is 12.1 Å². The quantitative estimate of drug-likeness (QED) is 0.555. The van der Waals surface area contributed by atoms with Crippen molar-refractivity contribution in [3.63, 3.8) is 0 Å². The molecule has 8 nitrogen and oxygen atoms in total. The Bertz CT molecular complexity index is 1220. The minimum Gasteiger partial charge on any atom is -0.383 e. The number of carbonyl (C=O) groups excluding carboxylic acids is 1. The molecule has 0 aliphatic carbocycles. The van der Waals surface area contributed by atoms with Crippen LogP contribution in [-0.2, 0) is 19.1 Å². The van der Waals surface area contributed by atoms with Gasteiger partial charge in [0.2, 0.25) is 0 Å². The van der Waals surface area contributed by atoms with Gasteiger partial charge in [0, 0.05) is 36.9 Å². The normalized spacial score (nSPS) is 14.2. The fraction of sp³-hybridized carbons (Fsp3) is 0.286. The molecule has 3 aromatic rings. The maximum atomic E-state index is 13.0. The Morgan fingerprint density at radius 1 is 1.25 bits per heavy atom. The molecule has 1 aliphatic rings. The van der Waals surface area contributed by atoms with E-state index < -0.39 is 11.7 Å². The SMILES string of the molecule is C[C@@H](CC(=O)c1ncnc(N)c1CN)c1cc(C2=Nc3ccc(C(F)(F)F)cc3C2)no1. The molecule has 11 heteroatoms. The van der Waals surface area contributed by atoms with Crippen molar-refractivity contribution in [3.05, 3.63) is 64.4 Å². The zero-order chi connectivity index (χ0) is 23.0. The second-order valence-corrected chi connectivity index (χ2v) is 7.51. The molecule has 1 atom stereocenters. The minimum absolute atomic E-state index is 0.0328. The van der Waals surface area contributed by atoms with Gasteiger partial charge in [-0.05, 0) is 23.8 Å². The van der Waals surface area contributed by atoms with Gasteiger partial charge in [0.15, 0.2) is 5.78 Å². The minimum atomic E-state index is -4.42. The number of anilines is 1. The highest BCUT2D eigenvalue weighted by molar-refractivity contribution is 6.05. The molecule has 0 unspecified atom stereocenters. The Labute approximate surface area is 180 Å². The molecule has 4 rings (SSSR count). The van der Waals surface area contributed by atoms with Crippen LogP contribution < -0.4 is 11.5 Å². The number of nitrogens with two attached hydrogens (primary N) is 2. The third kappa shape index (κ3) is 4.11. The van der Waals surface area contributed by atoms with Gasteiger partial charge in [0.05, 0.1) is 17.0 Å². The van der Waals surface area contributed by atoms with Crippen molar-refractivity contribution in [1.29, 1.82) is 0 Å². The number of hydrogen-bond donors (Lipinski definition) is 2. The van der Waals surface area contributed by atoms with Gasteiger partial charge < -0.3 is 16.0 Å². The van der Waals surface area contributed by atoms with Crippen LogP contribution >= 0.6 is 0 Å². The highest BCUT2D eigenvalue weighted by Crippen LogP contribution is 2.36. The summed E-state index contributed by atoms with van der Waals surface area (Å²) in [6, 6.07) is 5.08. The van der Waals surface area contributed by atoms with Gasteiger partial charge in [0.25, 0.3) is 0 Å². The smallest absolute Gasteiger partial charge is 0.383 e. The second kappa shape index (κ2) is 8.15. The molecule has 0 radical (unpaired) electrons. The summed E-state index contributed by atoms with van der Waals surface area (Å²) in [5.74, 6) is -0.00525. The van der Waals surface area contributed by atoms with Crippen molar-refractivity contribution >= 4 is 23.0 Å². The third-order valence-corrected chi connectivity index (χ3v) is 5.27. The van der Waals surface area contributed by atoms with Gasteiger partial charge in [-0.2, -0.15) is 13.2 Å². The van der Waals surface area contributed by atoms with Crippen molar-refractivity contribution in [3.8, 4) is 0 Å². The van der Waals surface area contributed by atoms with E-state index in [4.69, 9.17) is 16.0 Å². The van der Waals surface area contributed by atoms with Crippen LogP contribution in [0.4, 0.5) is 24.7 Å². The van der Waals surface area contributed by atoms with E-state index in [0.717, 1.165) is 12.1 Å². The Hall–Kier alpha value is -3.60. The van der Waals surface area contributed by atoms with E-state index in [2.05, 4.69) is 20.1 Å². The molecule has 0 amide bonds. The number of rotatable bonds is 6. The largest absolute Gasteiger partial charge is 0.416 e. The van der Waals surface area contributed by atoms with Crippen LogP contribution in [0.25, 0.3) is 0 Å². The summed E-state index contributed by atoms with van der Waals surface area (Å²) in [6.45, 7) is 1.82. The maximum absolute atomic E-state index is 13.0. The number of benzene rings is 1. The van der Waals surface area contributed by atoms with Crippen molar-refractivity contribution in [2.75, 3.05) is 5.73 Å². The number of carbonyl (C=O) groups is 1. The summed E-state index contributed by atoms with van der Waals surface area (Å²) in [5.41, 5.74) is 13.1. The number of alkyl halides is 3. The molecule has 0 saturated heterocycles. The predicted molar refractivity (Wildman–Crippen MR) is 110 cm³/mol. The molecule has 0 saturated carbocycles. The molecule has 1 aliphatic heterocycles.